The maximum Gasteiger partial charge on any atom is 0.191 e. The number of aliphatic imine (C=N–C) groups is 1. The van der Waals surface area contributed by atoms with E-state index in [1.807, 2.05) is 0 Å². The van der Waals surface area contributed by atoms with Crippen molar-refractivity contribution in [3.8, 4) is 0 Å². The van der Waals surface area contributed by atoms with Crippen molar-refractivity contribution in [3.63, 3.8) is 0 Å². The van der Waals surface area contributed by atoms with E-state index in [9.17, 15) is 0 Å². The first-order valence-corrected chi connectivity index (χ1v) is 12.6. The van der Waals surface area contributed by atoms with Crippen molar-refractivity contribution in [2.75, 3.05) is 63.9 Å². The summed E-state index contributed by atoms with van der Waals surface area (Å²) in [7, 11) is 0. The number of morpholine rings is 1. The Kier molecular flexibility index (Phi) is 12.4. The Labute approximate surface area is 209 Å². The first kappa shape index (κ1) is 26.6. The average Bonchev–Trinajstić information content (AvgIpc) is 3.43. The highest BCUT2D eigenvalue weighted by atomic mass is 127. The van der Waals surface area contributed by atoms with Gasteiger partial charge in [0.1, 0.15) is 0 Å². The van der Waals surface area contributed by atoms with Crippen LogP contribution in [0.3, 0.4) is 0 Å². The van der Waals surface area contributed by atoms with Crippen molar-refractivity contribution >= 4 is 46.4 Å². The monoisotopic (exact) mass is 564 g/mol. The Morgan fingerprint density at radius 3 is 2.61 bits per heavy atom. The Bertz CT molecular complexity index is 644. The molecule has 2 N–H and O–H groups in total. The number of hydrogen-bond acceptors (Lipinski definition) is 6. The molecule has 2 fully saturated rings. The van der Waals surface area contributed by atoms with Crippen LogP contribution in [0.2, 0.25) is 0 Å². The molecule has 3 heterocycles. The summed E-state index contributed by atoms with van der Waals surface area (Å²) in [5, 5.41) is 10.3. The zero-order valence-electron chi connectivity index (χ0n) is 19.4. The summed E-state index contributed by atoms with van der Waals surface area (Å²) in [6.07, 6.45) is 4.68. The van der Waals surface area contributed by atoms with Gasteiger partial charge in [0.05, 0.1) is 25.5 Å². The summed E-state index contributed by atoms with van der Waals surface area (Å²) in [6, 6.07) is 0.478. The lowest BCUT2D eigenvalue weighted by Gasteiger charge is -2.34. The van der Waals surface area contributed by atoms with Crippen LogP contribution in [-0.2, 0) is 11.2 Å². The first-order chi connectivity index (χ1) is 14.7. The summed E-state index contributed by atoms with van der Waals surface area (Å²) in [6.45, 7) is 15.3. The third-order valence-electron chi connectivity index (χ3n) is 5.70. The lowest BCUT2D eigenvalue weighted by molar-refractivity contribution is 0.0143. The SMILES string of the molecule is CCNC(=NCC(CC(C)C)N1CCOCC1)NCCc1csc(N2CCCC2)n1.I. The molecule has 3 rings (SSSR count). The molecule has 2 aliphatic heterocycles. The van der Waals surface area contributed by atoms with Crippen LogP contribution in [0.15, 0.2) is 10.4 Å². The topological polar surface area (TPSA) is 65.0 Å². The van der Waals surface area contributed by atoms with E-state index < -0.39 is 0 Å². The van der Waals surface area contributed by atoms with Crippen LogP contribution in [-0.4, -0.2) is 80.9 Å². The smallest absolute Gasteiger partial charge is 0.191 e. The van der Waals surface area contributed by atoms with Crippen LogP contribution in [0.25, 0.3) is 0 Å². The summed E-state index contributed by atoms with van der Waals surface area (Å²) in [5.74, 6) is 1.58. The molecule has 2 aliphatic rings. The van der Waals surface area contributed by atoms with Crippen LogP contribution in [0.4, 0.5) is 5.13 Å². The van der Waals surface area contributed by atoms with Crippen molar-refractivity contribution in [1.82, 2.24) is 20.5 Å². The summed E-state index contributed by atoms with van der Waals surface area (Å²) >= 11 is 1.78. The normalized spacial score (nSPS) is 18.8. The number of nitrogens with zero attached hydrogens (tertiary/aromatic N) is 4. The number of aromatic nitrogens is 1. The summed E-state index contributed by atoms with van der Waals surface area (Å²) in [5.41, 5.74) is 1.18. The molecule has 178 valence electrons. The molecule has 1 aromatic rings. The summed E-state index contributed by atoms with van der Waals surface area (Å²) in [4.78, 5) is 14.7. The summed E-state index contributed by atoms with van der Waals surface area (Å²) < 4.78 is 5.54. The van der Waals surface area contributed by atoms with Gasteiger partial charge in [-0.1, -0.05) is 13.8 Å². The minimum Gasteiger partial charge on any atom is -0.379 e. The zero-order valence-corrected chi connectivity index (χ0v) is 22.6. The van der Waals surface area contributed by atoms with Crippen molar-refractivity contribution in [1.29, 1.82) is 0 Å². The third-order valence-corrected chi connectivity index (χ3v) is 6.65. The van der Waals surface area contributed by atoms with E-state index in [0.717, 1.165) is 71.4 Å². The van der Waals surface area contributed by atoms with Gasteiger partial charge in [-0.2, -0.15) is 0 Å². The molecule has 0 spiro atoms. The molecule has 9 heteroatoms. The van der Waals surface area contributed by atoms with Gasteiger partial charge in [-0.05, 0) is 32.1 Å². The van der Waals surface area contributed by atoms with E-state index in [2.05, 4.69) is 46.6 Å². The lowest BCUT2D eigenvalue weighted by atomic mass is 10.0. The van der Waals surface area contributed by atoms with E-state index in [-0.39, 0.29) is 24.0 Å². The zero-order chi connectivity index (χ0) is 21.2. The van der Waals surface area contributed by atoms with Gasteiger partial charge in [0, 0.05) is 57.1 Å². The molecular formula is C22H41IN6OS. The highest BCUT2D eigenvalue weighted by molar-refractivity contribution is 14.0. The second-order valence-electron chi connectivity index (χ2n) is 8.64. The van der Waals surface area contributed by atoms with Gasteiger partial charge in [0.2, 0.25) is 0 Å². The van der Waals surface area contributed by atoms with Crippen molar-refractivity contribution in [2.45, 2.75) is 52.5 Å². The fraction of sp³-hybridized carbons (Fsp3) is 0.818. The number of hydrogen-bond donors (Lipinski definition) is 2. The number of halogens is 1. The van der Waals surface area contributed by atoms with E-state index >= 15 is 0 Å². The predicted molar refractivity (Wildman–Crippen MR) is 142 cm³/mol. The van der Waals surface area contributed by atoms with Gasteiger partial charge in [-0.15, -0.1) is 35.3 Å². The van der Waals surface area contributed by atoms with Gasteiger partial charge in [0.25, 0.3) is 0 Å². The van der Waals surface area contributed by atoms with Crippen molar-refractivity contribution in [2.24, 2.45) is 10.9 Å². The van der Waals surface area contributed by atoms with Crippen LogP contribution in [0, 0.1) is 5.92 Å². The maximum absolute atomic E-state index is 5.54. The molecule has 1 unspecified atom stereocenters. The highest BCUT2D eigenvalue weighted by Crippen LogP contribution is 2.24. The van der Waals surface area contributed by atoms with Gasteiger partial charge in [0.15, 0.2) is 11.1 Å². The minimum absolute atomic E-state index is 0. The van der Waals surface area contributed by atoms with Gasteiger partial charge in [-0.25, -0.2) is 4.98 Å². The van der Waals surface area contributed by atoms with Crippen LogP contribution >= 0.6 is 35.3 Å². The van der Waals surface area contributed by atoms with Crippen LogP contribution in [0.5, 0.6) is 0 Å². The lowest BCUT2D eigenvalue weighted by Crippen LogP contribution is -2.46. The molecule has 2 saturated heterocycles. The second-order valence-corrected chi connectivity index (χ2v) is 9.48. The molecule has 1 aromatic heterocycles. The van der Waals surface area contributed by atoms with Crippen LogP contribution in [0.1, 0.15) is 45.7 Å². The van der Waals surface area contributed by atoms with E-state index in [4.69, 9.17) is 14.7 Å². The largest absolute Gasteiger partial charge is 0.379 e. The number of rotatable bonds is 10. The minimum atomic E-state index is 0. The Hall–Kier alpha value is -0.650. The van der Waals surface area contributed by atoms with E-state index in [0.29, 0.717) is 12.0 Å². The molecule has 0 amide bonds. The first-order valence-electron chi connectivity index (χ1n) is 11.7. The van der Waals surface area contributed by atoms with Gasteiger partial charge < -0.3 is 20.3 Å². The standard InChI is InChI=1S/C22H40N6OS.HI/c1-4-23-21(25-16-20(15-18(2)3)27-11-13-29-14-12-27)24-8-7-19-17-30-22(26-19)28-9-5-6-10-28;/h17-18,20H,4-16H2,1-3H3,(H2,23,24,25);1H. The number of anilines is 1. The Morgan fingerprint density at radius 1 is 1.19 bits per heavy atom. The van der Waals surface area contributed by atoms with E-state index in [1.165, 1.54) is 30.1 Å². The molecule has 0 bridgehead atoms. The third kappa shape index (κ3) is 9.01. The van der Waals surface area contributed by atoms with Gasteiger partial charge >= 0.3 is 0 Å². The van der Waals surface area contributed by atoms with Crippen molar-refractivity contribution in [3.05, 3.63) is 11.1 Å². The molecule has 0 aromatic carbocycles. The number of ether oxygens (including phenoxy) is 1. The quantitative estimate of drug-likeness (QED) is 0.259. The fourth-order valence-electron chi connectivity index (χ4n) is 4.14. The van der Waals surface area contributed by atoms with Crippen molar-refractivity contribution < 1.29 is 4.74 Å². The van der Waals surface area contributed by atoms with Crippen LogP contribution < -0.4 is 15.5 Å². The Balaban J connectivity index is 0.00000341. The molecule has 7 nitrogen and oxygen atoms in total. The van der Waals surface area contributed by atoms with Gasteiger partial charge in [-0.3, -0.25) is 9.89 Å². The molecule has 31 heavy (non-hydrogen) atoms. The number of guanidine groups is 1. The van der Waals surface area contributed by atoms with E-state index in [1.54, 1.807) is 11.3 Å². The molecule has 1 atom stereocenters. The number of nitrogens with one attached hydrogen (secondary N) is 2. The average molecular weight is 565 g/mol. The molecule has 0 radical (unpaired) electrons. The highest BCUT2D eigenvalue weighted by Gasteiger charge is 2.22. The maximum atomic E-state index is 5.54. The second kappa shape index (κ2) is 14.5. The Morgan fingerprint density at radius 2 is 1.94 bits per heavy atom. The molecule has 0 aliphatic carbocycles. The molecule has 0 saturated carbocycles. The molecular weight excluding hydrogens is 523 g/mol. The fourth-order valence-corrected chi connectivity index (χ4v) is 5.05. The predicted octanol–water partition coefficient (Wildman–Crippen LogP) is 3.21. The number of thiazole rings is 1.